The molecule has 1 unspecified atom stereocenters. The summed E-state index contributed by atoms with van der Waals surface area (Å²) in [5, 5.41) is 21.4. The Balaban J connectivity index is 1.56. The monoisotopic (exact) mass is 431 g/mol. The molecule has 5 aliphatic rings. The van der Waals surface area contributed by atoms with Crippen molar-refractivity contribution < 1.29 is 30.6 Å². The van der Waals surface area contributed by atoms with E-state index in [0.29, 0.717) is 25.7 Å². The molecule has 6 heteroatoms. The molecule has 1 heterocycles. The van der Waals surface area contributed by atoms with Gasteiger partial charge in [-0.2, -0.15) is 0 Å². The Hall–Kier alpha value is -1.34. The van der Waals surface area contributed by atoms with Crippen molar-refractivity contribution in [3.8, 4) is 0 Å². The van der Waals surface area contributed by atoms with Crippen molar-refractivity contribution in [1.82, 2.24) is 0 Å². The second kappa shape index (κ2) is 7.08. The van der Waals surface area contributed by atoms with Gasteiger partial charge in [-0.1, -0.05) is 38.8 Å². The molecule has 5 rings (SSSR count). The Bertz CT molecular complexity index is 912. The minimum atomic E-state index is -1.24. The highest BCUT2D eigenvalue weighted by atomic mass is 16.7. The minimum absolute atomic E-state index is 0.0679. The summed E-state index contributed by atoms with van der Waals surface area (Å²) in [7, 11) is 0. The van der Waals surface area contributed by atoms with Crippen LogP contribution in [0.1, 0.15) is 60.7 Å². The number of ether oxygens (including phenoxy) is 2. The lowest BCUT2D eigenvalue weighted by molar-refractivity contribution is -0.200. The maximum Gasteiger partial charge on any atom is 0.193 e. The Morgan fingerprint density at radius 2 is 2.16 bits per heavy atom. The van der Waals surface area contributed by atoms with E-state index in [1.165, 1.54) is 6.08 Å². The highest BCUT2D eigenvalue weighted by molar-refractivity contribution is 6.01. The first-order valence-electron chi connectivity index (χ1n) is 12.2. The third-order valence-electron chi connectivity index (χ3n) is 9.26. The van der Waals surface area contributed by atoms with Gasteiger partial charge in [-0.3, -0.25) is 9.59 Å². The molecule has 6 nitrogen and oxygen atoms in total. The van der Waals surface area contributed by atoms with Gasteiger partial charge in [0.05, 0.1) is 13.6 Å². The van der Waals surface area contributed by atoms with E-state index < -0.39 is 41.5 Å². The number of carbonyl (C=O) groups is 2. The van der Waals surface area contributed by atoms with Crippen LogP contribution in [0.25, 0.3) is 0 Å². The van der Waals surface area contributed by atoms with Gasteiger partial charge in [0.1, 0.15) is 6.61 Å². The second-order valence-corrected chi connectivity index (χ2v) is 10.6. The van der Waals surface area contributed by atoms with Crippen LogP contribution in [0.5, 0.6) is 0 Å². The molecule has 2 N–H and O–H groups in total. The molecule has 0 spiro atoms. The minimum Gasteiger partial charge on any atom is -0.393 e. The summed E-state index contributed by atoms with van der Waals surface area (Å²) in [6.45, 7) is 5.50. The van der Waals surface area contributed by atoms with Gasteiger partial charge in [0.15, 0.2) is 23.5 Å². The number of allylic oxidation sites excluding steroid dienone is 4. The van der Waals surface area contributed by atoms with Gasteiger partial charge < -0.3 is 19.7 Å². The third kappa shape index (κ3) is 2.65. The largest absolute Gasteiger partial charge is 0.393 e. The standard InChI is InChI=1S/C25H34O6/c1-4-5-21-30-20-11-17-16-7-6-14-10-15(27)8-9-23(14,2)22(16)18(28)12-24(17,3)25(20,31-21)19(29)13-26/h8-10,16-18,20-22,26,28H,4-7,11-13H2,1-3H3/t16-,17-,18-,20+,21?,22+,23-,24-,25+/m0/s1/i10D. The van der Waals surface area contributed by atoms with Crippen LogP contribution in [0.3, 0.4) is 0 Å². The second-order valence-electron chi connectivity index (χ2n) is 10.6. The molecule has 0 bridgehead atoms. The highest BCUT2D eigenvalue weighted by Crippen LogP contribution is 2.69. The number of ketones is 2. The van der Waals surface area contributed by atoms with Gasteiger partial charge in [-0.25, -0.2) is 0 Å². The fraction of sp³-hybridized carbons (Fsp3) is 0.760. The molecule has 0 aromatic rings. The Morgan fingerprint density at radius 3 is 2.87 bits per heavy atom. The summed E-state index contributed by atoms with van der Waals surface area (Å²) >= 11 is 0. The molecule has 170 valence electrons. The van der Waals surface area contributed by atoms with Crippen LogP contribution in [-0.2, 0) is 19.1 Å². The SMILES string of the molecule is [2H]C1=C2CC[C@@H]3[C@H]([C@@H](O)C[C@@]4(C)[C@H]3C[C@H]3OC(CCC)O[C@]34C(=O)CO)[C@@]2(C)C=CC1=O. The van der Waals surface area contributed by atoms with Crippen LogP contribution >= 0.6 is 0 Å². The smallest absolute Gasteiger partial charge is 0.193 e. The Morgan fingerprint density at radius 1 is 1.39 bits per heavy atom. The van der Waals surface area contributed by atoms with Crippen LogP contribution in [-0.4, -0.2) is 52.5 Å². The van der Waals surface area contributed by atoms with E-state index in [0.717, 1.165) is 18.4 Å². The first-order chi connectivity index (χ1) is 15.1. The molecule has 4 aliphatic carbocycles. The summed E-state index contributed by atoms with van der Waals surface area (Å²) in [5.41, 5.74) is -1.62. The van der Waals surface area contributed by atoms with Gasteiger partial charge in [0.2, 0.25) is 0 Å². The van der Waals surface area contributed by atoms with Gasteiger partial charge in [-0.15, -0.1) is 0 Å². The van der Waals surface area contributed by atoms with Crippen molar-refractivity contribution in [3.63, 3.8) is 0 Å². The van der Waals surface area contributed by atoms with Crippen molar-refractivity contribution in [2.75, 3.05) is 6.61 Å². The quantitative estimate of drug-likeness (QED) is 0.711. The molecule has 0 radical (unpaired) electrons. The average molecular weight is 432 g/mol. The van der Waals surface area contributed by atoms with E-state index in [1.54, 1.807) is 0 Å². The van der Waals surface area contributed by atoms with E-state index in [-0.39, 0.29) is 35.4 Å². The van der Waals surface area contributed by atoms with Gasteiger partial charge in [0.25, 0.3) is 0 Å². The molecule has 4 fully saturated rings. The molecule has 3 saturated carbocycles. The van der Waals surface area contributed by atoms with Crippen molar-refractivity contribution in [1.29, 1.82) is 0 Å². The number of rotatable bonds is 4. The van der Waals surface area contributed by atoms with Crippen molar-refractivity contribution in [3.05, 3.63) is 23.8 Å². The van der Waals surface area contributed by atoms with Crippen LogP contribution in [0.4, 0.5) is 0 Å². The predicted molar refractivity (Wildman–Crippen MR) is 113 cm³/mol. The topological polar surface area (TPSA) is 93.1 Å². The summed E-state index contributed by atoms with van der Waals surface area (Å²) in [5.74, 6) is -0.569. The molecular weight excluding hydrogens is 396 g/mol. The normalized spacial score (nSPS) is 51.1. The summed E-state index contributed by atoms with van der Waals surface area (Å²) in [6.07, 6.45) is 5.71. The molecule has 0 aromatic heterocycles. The molecule has 9 atom stereocenters. The molecule has 0 amide bonds. The zero-order chi connectivity index (χ0) is 23.1. The molecule has 31 heavy (non-hydrogen) atoms. The number of fused-ring (bicyclic) bond motifs is 7. The lowest BCUT2D eigenvalue weighted by atomic mass is 9.46. The van der Waals surface area contributed by atoms with Crippen molar-refractivity contribution in [2.24, 2.45) is 28.6 Å². The number of Topliss-reactive ketones (excluding diaryl/α,β-unsaturated/α-hetero) is 1. The van der Waals surface area contributed by atoms with Gasteiger partial charge >= 0.3 is 0 Å². The lowest BCUT2D eigenvalue weighted by Crippen LogP contribution is -2.63. The molecule has 1 aliphatic heterocycles. The number of hydrogen-bond acceptors (Lipinski definition) is 6. The van der Waals surface area contributed by atoms with Crippen molar-refractivity contribution in [2.45, 2.75) is 83.4 Å². The Kier molecular flexibility index (Phi) is 4.63. The number of carbonyl (C=O) groups excluding carboxylic acids is 2. The van der Waals surface area contributed by atoms with E-state index in [4.69, 9.17) is 10.8 Å². The van der Waals surface area contributed by atoms with E-state index in [1.807, 2.05) is 26.8 Å². The Labute approximate surface area is 185 Å². The summed E-state index contributed by atoms with van der Waals surface area (Å²) < 4.78 is 21.0. The zero-order valence-corrected chi connectivity index (χ0v) is 18.6. The fourth-order valence-corrected chi connectivity index (χ4v) is 8.03. The van der Waals surface area contributed by atoms with Gasteiger partial charge in [-0.05, 0) is 56.1 Å². The summed E-state index contributed by atoms with van der Waals surface area (Å²) in [4.78, 5) is 25.4. The first kappa shape index (κ1) is 20.3. The van der Waals surface area contributed by atoms with Crippen LogP contribution < -0.4 is 0 Å². The van der Waals surface area contributed by atoms with Gasteiger partial charge in [0, 0.05) is 16.7 Å². The number of hydrogen-bond donors (Lipinski definition) is 2. The maximum absolute atomic E-state index is 13.2. The number of aliphatic hydroxyl groups is 2. The zero-order valence-electron chi connectivity index (χ0n) is 19.6. The highest BCUT2D eigenvalue weighted by Gasteiger charge is 2.75. The van der Waals surface area contributed by atoms with Crippen molar-refractivity contribution >= 4 is 11.6 Å². The van der Waals surface area contributed by atoms with E-state index in [2.05, 4.69) is 0 Å². The van der Waals surface area contributed by atoms with Crippen LogP contribution in [0, 0.1) is 28.6 Å². The maximum atomic E-state index is 13.2. The predicted octanol–water partition coefficient (Wildman–Crippen LogP) is 2.72. The van der Waals surface area contributed by atoms with E-state index in [9.17, 15) is 19.8 Å². The lowest BCUT2D eigenvalue weighted by Gasteiger charge is -2.59. The first-order valence-corrected chi connectivity index (χ1v) is 11.7. The van der Waals surface area contributed by atoms with Crippen LogP contribution in [0.15, 0.2) is 23.8 Å². The third-order valence-corrected chi connectivity index (χ3v) is 9.26. The van der Waals surface area contributed by atoms with E-state index >= 15 is 0 Å². The fourth-order valence-electron chi connectivity index (χ4n) is 8.03. The number of aliphatic hydroxyl groups excluding tert-OH is 2. The molecule has 1 saturated heterocycles. The molecular formula is C25H34O6. The molecule has 0 aromatic carbocycles. The summed E-state index contributed by atoms with van der Waals surface area (Å²) in [6, 6.07) is 0.0679. The average Bonchev–Trinajstić information content (AvgIpc) is 3.23. The van der Waals surface area contributed by atoms with Crippen LogP contribution in [0.2, 0.25) is 0 Å².